The second kappa shape index (κ2) is 6.89. The molecule has 2 rings (SSSR count). The van der Waals surface area contributed by atoms with Crippen molar-refractivity contribution in [1.82, 2.24) is 15.3 Å². The first kappa shape index (κ1) is 15.8. The highest BCUT2D eigenvalue weighted by atomic mass is 16.5. The summed E-state index contributed by atoms with van der Waals surface area (Å²) in [5.41, 5.74) is 8.28. The number of anilines is 1. The second-order valence-electron chi connectivity index (χ2n) is 4.86. The summed E-state index contributed by atoms with van der Waals surface area (Å²) in [5.74, 6) is 0.613. The SMILES string of the molecule is CCc1cccc(OCc2nc(N)nc(C)c2C(=O)NC)c1. The van der Waals surface area contributed by atoms with Crippen LogP contribution in [0.3, 0.4) is 0 Å². The lowest BCUT2D eigenvalue weighted by molar-refractivity contribution is 0.0959. The van der Waals surface area contributed by atoms with Gasteiger partial charge in [-0.15, -0.1) is 0 Å². The Hall–Kier alpha value is -2.63. The van der Waals surface area contributed by atoms with Crippen LogP contribution in [-0.4, -0.2) is 22.9 Å². The van der Waals surface area contributed by atoms with Crippen LogP contribution in [0.15, 0.2) is 24.3 Å². The standard InChI is InChI=1S/C16H20N4O2/c1-4-11-6-5-7-12(8-11)22-9-13-14(15(21)18-3)10(2)19-16(17)20-13/h5-8H,4,9H2,1-3H3,(H,18,21)(H2,17,19,20). The minimum absolute atomic E-state index is 0.131. The smallest absolute Gasteiger partial charge is 0.254 e. The maximum atomic E-state index is 12.0. The van der Waals surface area contributed by atoms with Gasteiger partial charge in [-0.05, 0) is 31.0 Å². The predicted molar refractivity (Wildman–Crippen MR) is 84.7 cm³/mol. The molecule has 3 N–H and O–H groups in total. The molecule has 0 aliphatic carbocycles. The number of aryl methyl sites for hydroxylation is 2. The summed E-state index contributed by atoms with van der Waals surface area (Å²) in [7, 11) is 1.56. The topological polar surface area (TPSA) is 90.1 Å². The number of carbonyl (C=O) groups is 1. The van der Waals surface area contributed by atoms with Gasteiger partial charge in [-0.2, -0.15) is 0 Å². The largest absolute Gasteiger partial charge is 0.487 e. The minimum Gasteiger partial charge on any atom is -0.487 e. The van der Waals surface area contributed by atoms with Crippen LogP contribution in [-0.2, 0) is 13.0 Å². The molecular weight excluding hydrogens is 280 g/mol. The molecule has 0 fully saturated rings. The van der Waals surface area contributed by atoms with Crippen molar-refractivity contribution in [3.8, 4) is 5.75 Å². The number of hydrogen-bond acceptors (Lipinski definition) is 5. The Morgan fingerprint density at radius 3 is 2.82 bits per heavy atom. The first-order valence-electron chi connectivity index (χ1n) is 7.12. The molecule has 1 amide bonds. The van der Waals surface area contributed by atoms with Crippen molar-refractivity contribution in [2.24, 2.45) is 0 Å². The number of carbonyl (C=O) groups excluding carboxylic acids is 1. The third kappa shape index (κ3) is 3.52. The molecule has 1 aromatic carbocycles. The van der Waals surface area contributed by atoms with E-state index >= 15 is 0 Å². The van der Waals surface area contributed by atoms with Gasteiger partial charge in [-0.25, -0.2) is 9.97 Å². The van der Waals surface area contributed by atoms with E-state index in [1.807, 2.05) is 24.3 Å². The molecule has 0 radical (unpaired) electrons. The molecule has 0 unspecified atom stereocenters. The average molecular weight is 300 g/mol. The number of nitrogens with two attached hydrogens (primary N) is 1. The third-order valence-electron chi connectivity index (χ3n) is 3.32. The van der Waals surface area contributed by atoms with Crippen molar-refractivity contribution in [2.75, 3.05) is 12.8 Å². The van der Waals surface area contributed by atoms with Gasteiger partial charge in [0.15, 0.2) is 0 Å². The number of aromatic nitrogens is 2. The Morgan fingerprint density at radius 2 is 2.14 bits per heavy atom. The molecule has 2 aromatic rings. The molecule has 0 saturated heterocycles. The van der Waals surface area contributed by atoms with E-state index in [0.29, 0.717) is 17.0 Å². The molecule has 6 nitrogen and oxygen atoms in total. The number of hydrogen-bond donors (Lipinski definition) is 2. The van der Waals surface area contributed by atoms with Crippen molar-refractivity contribution in [1.29, 1.82) is 0 Å². The molecule has 0 atom stereocenters. The maximum absolute atomic E-state index is 12.0. The summed E-state index contributed by atoms with van der Waals surface area (Å²) >= 11 is 0. The van der Waals surface area contributed by atoms with Gasteiger partial charge in [0, 0.05) is 7.05 Å². The van der Waals surface area contributed by atoms with Crippen LogP contribution in [0.4, 0.5) is 5.95 Å². The number of nitrogen functional groups attached to an aromatic ring is 1. The van der Waals surface area contributed by atoms with Crippen molar-refractivity contribution in [3.05, 3.63) is 46.8 Å². The second-order valence-corrected chi connectivity index (χ2v) is 4.86. The maximum Gasteiger partial charge on any atom is 0.254 e. The summed E-state index contributed by atoms with van der Waals surface area (Å²) in [6, 6.07) is 7.82. The van der Waals surface area contributed by atoms with E-state index in [2.05, 4.69) is 22.2 Å². The third-order valence-corrected chi connectivity index (χ3v) is 3.32. The Balaban J connectivity index is 2.26. The normalized spacial score (nSPS) is 10.3. The zero-order valence-electron chi connectivity index (χ0n) is 13.0. The first-order chi connectivity index (χ1) is 10.5. The highest BCUT2D eigenvalue weighted by Gasteiger charge is 2.17. The molecule has 0 bridgehead atoms. The first-order valence-corrected chi connectivity index (χ1v) is 7.12. The van der Waals surface area contributed by atoms with Crippen LogP contribution in [0, 0.1) is 6.92 Å². The van der Waals surface area contributed by atoms with Crippen molar-refractivity contribution < 1.29 is 9.53 Å². The van der Waals surface area contributed by atoms with E-state index in [9.17, 15) is 4.79 Å². The lowest BCUT2D eigenvalue weighted by atomic mass is 10.1. The summed E-state index contributed by atoms with van der Waals surface area (Å²) in [6.45, 7) is 3.96. The van der Waals surface area contributed by atoms with Crippen LogP contribution in [0.25, 0.3) is 0 Å². The molecule has 0 saturated carbocycles. The molecule has 1 heterocycles. The zero-order valence-corrected chi connectivity index (χ0v) is 13.0. The molecule has 6 heteroatoms. The van der Waals surface area contributed by atoms with E-state index in [4.69, 9.17) is 10.5 Å². The summed E-state index contributed by atoms with van der Waals surface area (Å²) in [5, 5.41) is 2.58. The molecule has 0 spiro atoms. The number of ether oxygens (including phenoxy) is 1. The van der Waals surface area contributed by atoms with Gasteiger partial charge < -0.3 is 15.8 Å². The van der Waals surface area contributed by atoms with Crippen molar-refractivity contribution >= 4 is 11.9 Å². The van der Waals surface area contributed by atoms with Crippen molar-refractivity contribution in [3.63, 3.8) is 0 Å². The molecule has 116 valence electrons. The minimum atomic E-state index is -0.251. The Labute approximate surface area is 129 Å². The summed E-state index contributed by atoms with van der Waals surface area (Å²) < 4.78 is 5.75. The molecule has 0 aliphatic rings. The van der Waals surface area contributed by atoms with Crippen LogP contribution in [0.2, 0.25) is 0 Å². The fraction of sp³-hybridized carbons (Fsp3) is 0.312. The van der Waals surface area contributed by atoms with Gasteiger partial charge in [0.1, 0.15) is 12.4 Å². The highest BCUT2D eigenvalue weighted by Crippen LogP contribution is 2.18. The molecule has 0 aliphatic heterocycles. The van der Waals surface area contributed by atoms with Crippen LogP contribution in [0.5, 0.6) is 5.75 Å². The quantitative estimate of drug-likeness (QED) is 0.879. The molecule has 22 heavy (non-hydrogen) atoms. The lowest BCUT2D eigenvalue weighted by Crippen LogP contribution is -2.23. The van der Waals surface area contributed by atoms with Crippen LogP contribution in [0.1, 0.15) is 34.2 Å². The van der Waals surface area contributed by atoms with E-state index in [-0.39, 0.29) is 18.5 Å². The average Bonchev–Trinajstić information content (AvgIpc) is 2.52. The van der Waals surface area contributed by atoms with Gasteiger partial charge >= 0.3 is 0 Å². The van der Waals surface area contributed by atoms with Crippen molar-refractivity contribution in [2.45, 2.75) is 26.9 Å². The van der Waals surface area contributed by atoms with Gasteiger partial charge in [0.25, 0.3) is 5.91 Å². The summed E-state index contributed by atoms with van der Waals surface area (Å²) in [4.78, 5) is 20.2. The van der Waals surface area contributed by atoms with Gasteiger partial charge in [-0.1, -0.05) is 19.1 Å². The van der Waals surface area contributed by atoms with Gasteiger partial charge in [0.05, 0.1) is 17.0 Å². The summed E-state index contributed by atoms with van der Waals surface area (Å²) in [6.07, 6.45) is 0.931. The number of amides is 1. The number of rotatable bonds is 5. The number of nitrogens with zero attached hydrogens (tertiary/aromatic N) is 2. The Kier molecular flexibility index (Phi) is 4.93. The highest BCUT2D eigenvalue weighted by molar-refractivity contribution is 5.96. The van der Waals surface area contributed by atoms with E-state index in [0.717, 1.165) is 12.2 Å². The zero-order chi connectivity index (χ0) is 16.1. The Morgan fingerprint density at radius 1 is 1.36 bits per heavy atom. The fourth-order valence-electron chi connectivity index (χ4n) is 2.19. The predicted octanol–water partition coefficient (Wildman–Crippen LogP) is 1.87. The molecule has 1 aromatic heterocycles. The van der Waals surface area contributed by atoms with E-state index in [1.165, 1.54) is 5.56 Å². The van der Waals surface area contributed by atoms with Crippen LogP contribution < -0.4 is 15.8 Å². The van der Waals surface area contributed by atoms with E-state index in [1.54, 1.807) is 14.0 Å². The monoisotopic (exact) mass is 300 g/mol. The number of benzene rings is 1. The van der Waals surface area contributed by atoms with Gasteiger partial charge in [0.2, 0.25) is 5.95 Å². The fourth-order valence-corrected chi connectivity index (χ4v) is 2.19. The van der Waals surface area contributed by atoms with E-state index < -0.39 is 0 Å². The number of nitrogens with one attached hydrogen (secondary N) is 1. The van der Waals surface area contributed by atoms with Gasteiger partial charge in [-0.3, -0.25) is 4.79 Å². The lowest BCUT2D eigenvalue weighted by Gasteiger charge is -2.12. The molecular formula is C16H20N4O2. The van der Waals surface area contributed by atoms with Crippen LogP contribution >= 0.6 is 0 Å². The Bertz CT molecular complexity index is 686.